The third-order valence-corrected chi connectivity index (χ3v) is 5.48. The Morgan fingerprint density at radius 1 is 1.08 bits per heavy atom. The molecule has 0 atom stereocenters. The number of rotatable bonds is 7. The number of halogens is 6. The van der Waals surface area contributed by atoms with Crippen molar-refractivity contribution in [2.45, 2.75) is 18.8 Å². The topological polar surface area (TPSA) is 80.8 Å². The van der Waals surface area contributed by atoms with Crippen LogP contribution in [0.15, 0.2) is 12.5 Å². The molecule has 140 valence electrons. The highest BCUT2D eigenvalue weighted by Crippen LogP contribution is 2.53. The summed E-state index contributed by atoms with van der Waals surface area (Å²) in [7, 11) is -4.64. The van der Waals surface area contributed by atoms with E-state index < -0.39 is 38.2 Å². The van der Waals surface area contributed by atoms with Gasteiger partial charge in [-0.1, -0.05) is 0 Å². The summed E-state index contributed by atoms with van der Waals surface area (Å²) in [5.41, 5.74) is 0.939. The molecule has 0 bridgehead atoms. The number of fused-ring (bicyclic) bond motifs is 1. The van der Waals surface area contributed by atoms with Crippen LogP contribution in [0.25, 0.3) is 11.2 Å². The van der Waals surface area contributed by atoms with Gasteiger partial charge in [-0.25, -0.2) is 15.0 Å². The number of nitrogens with one attached hydrogen (secondary N) is 1. The number of alkyl halides is 6. The van der Waals surface area contributed by atoms with Gasteiger partial charge in [0.25, 0.3) is 0 Å². The van der Waals surface area contributed by atoms with E-state index in [0.29, 0.717) is 11.2 Å². The molecule has 2 rings (SSSR count). The molecule has 0 radical (unpaired) electrons. The Balaban J connectivity index is 1.92. The standard InChI is InChI=1S/C12H13F6N4O2P/c13-11(14,15)4-25(23,5-12(16,17)18)7-24-2-1-9-19-3-8-10(22-9)21-6-20-8/h3,6H,1-2,4-5,7H2,(H,19,20,21,22). The number of hydrogen-bond acceptors (Lipinski definition) is 5. The molecular weight excluding hydrogens is 377 g/mol. The van der Waals surface area contributed by atoms with Crippen molar-refractivity contribution < 1.29 is 35.6 Å². The molecule has 0 saturated heterocycles. The number of nitrogens with zero attached hydrogens (tertiary/aromatic N) is 3. The monoisotopic (exact) mass is 390 g/mol. The van der Waals surface area contributed by atoms with Crippen LogP contribution >= 0.6 is 7.14 Å². The predicted octanol–water partition coefficient (Wildman–Crippen LogP) is 3.36. The molecule has 2 heterocycles. The smallest absolute Gasteiger partial charge is 0.373 e. The minimum Gasteiger partial charge on any atom is -0.373 e. The molecule has 0 spiro atoms. The summed E-state index contributed by atoms with van der Waals surface area (Å²) < 4.78 is 91.2. The van der Waals surface area contributed by atoms with Crippen LogP contribution in [0.1, 0.15) is 5.82 Å². The van der Waals surface area contributed by atoms with Gasteiger partial charge in [0.1, 0.15) is 24.8 Å². The first-order chi connectivity index (χ1) is 11.5. The average Bonchev–Trinajstić information content (AvgIpc) is 2.86. The van der Waals surface area contributed by atoms with Crippen LogP contribution in [-0.4, -0.2) is 57.6 Å². The van der Waals surface area contributed by atoms with E-state index in [1.54, 1.807) is 0 Å². The van der Waals surface area contributed by atoms with E-state index in [2.05, 4.69) is 19.9 Å². The molecule has 2 aromatic rings. The lowest BCUT2D eigenvalue weighted by atomic mass is 10.4. The molecule has 0 aliphatic heterocycles. The second kappa shape index (κ2) is 7.28. The lowest BCUT2D eigenvalue weighted by Gasteiger charge is -2.21. The van der Waals surface area contributed by atoms with Gasteiger partial charge < -0.3 is 14.3 Å². The van der Waals surface area contributed by atoms with Crippen molar-refractivity contribution in [3.8, 4) is 0 Å². The Morgan fingerprint density at radius 3 is 2.32 bits per heavy atom. The number of aromatic amines is 1. The van der Waals surface area contributed by atoms with Gasteiger partial charge in [-0.05, 0) is 0 Å². The minimum absolute atomic E-state index is 0.0286. The molecule has 0 aromatic carbocycles. The van der Waals surface area contributed by atoms with Crippen molar-refractivity contribution >= 4 is 18.3 Å². The summed E-state index contributed by atoms with van der Waals surface area (Å²) in [5, 5.41) is 0. The maximum Gasteiger partial charge on any atom is 0.395 e. The number of aromatic nitrogens is 4. The van der Waals surface area contributed by atoms with Gasteiger partial charge in [-0.3, -0.25) is 0 Å². The van der Waals surface area contributed by atoms with Crippen molar-refractivity contribution in [1.29, 1.82) is 0 Å². The second-order valence-electron chi connectivity index (χ2n) is 5.32. The lowest BCUT2D eigenvalue weighted by Crippen LogP contribution is -2.24. The molecule has 0 aliphatic carbocycles. The minimum atomic E-state index is -4.97. The molecule has 0 amide bonds. The van der Waals surface area contributed by atoms with E-state index in [4.69, 9.17) is 4.74 Å². The fraction of sp³-hybridized carbons (Fsp3) is 0.583. The Morgan fingerprint density at radius 2 is 1.72 bits per heavy atom. The zero-order chi connectivity index (χ0) is 18.7. The molecule has 0 saturated carbocycles. The zero-order valence-corrected chi connectivity index (χ0v) is 13.5. The quantitative estimate of drug-likeness (QED) is 0.446. The lowest BCUT2D eigenvalue weighted by molar-refractivity contribution is -0.113. The SMILES string of the molecule is O=P(COCCc1ncc2[nH]cnc2n1)(CC(F)(F)F)CC(F)(F)F. The molecule has 2 aromatic heterocycles. The first-order valence-corrected chi connectivity index (χ1v) is 9.15. The Kier molecular flexibility index (Phi) is 5.72. The fourth-order valence-corrected chi connectivity index (χ4v) is 4.15. The summed E-state index contributed by atoms with van der Waals surface area (Å²) in [5.74, 6) is 0.251. The highest BCUT2D eigenvalue weighted by Gasteiger charge is 2.46. The van der Waals surface area contributed by atoms with E-state index in [-0.39, 0.29) is 18.9 Å². The third-order valence-electron chi connectivity index (χ3n) is 2.96. The maximum atomic E-state index is 12.4. The maximum absolute atomic E-state index is 12.4. The van der Waals surface area contributed by atoms with Crippen LogP contribution in [0, 0.1) is 0 Å². The Bertz CT molecular complexity index is 740. The van der Waals surface area contributed by atoms with Gasteiger partial charge >= 0.3 is 12.4 Å². The van der Waals surface area contributed by atoms with Gasteiger partial charge in [-0.2, -0.15) is 26.3 Å². The van der Waals surface area contributed by atoms with Crippen molar-refractivity contribution in [3.63, 3.8) is 0 Å². The first-order valence-electron chi connectivity index (χ1n) is 6.89. The molecular formula is C12H13F6N4O2P. The van der Waals surface area contributed by atoms with Crippen LogP contribution in [0.3, 0.4) is 0 Å². The Hall–Kier alpha value is -1.68. The molecule has 0 unspecified atom stereocenters. The largest absolute Gasteiger partial charge is 0.395 e. The van der Waals surface area contributed by atoms with E-state index in [1.165, 1.54) is 12.5 Å². The van der Waals surface area contributed by atoms with Crippen LogP contribution in [0.2, 0.25) is 0 Å². The van der Waals surface area contributed by atoms with Crippen LogP contribution in [0.4, 0.5) is 26.3 Å². The van der Waals surface area contributed by atoms with Gasteiger partial charge in [0.2, 0.25) is 0 Å². The normalized spacial score (nSPS) is 13.5. The third kappa shape index (κ3) is 6.62. The molecule has 0 aliphatic rings. The predicted molar refractivity (Wildman–Crippen MR) is 75.7 cm³/mol. The average molecular weight is 390 g/mol. The fourth-order valence-electron chi connectivity index (χ4n) is 2.09. The van der Waals surface area contributed by atoms with Crippen molar-refractivity contribution in [1.82, 2.24) is 19.9 Å². The van der Waals surface area contributed by atoms with Crippen LogP contribution in [-0.2, 0) is 15.7 Å². The summed E-state index contributed by atoms with van der Waals surface area (Å²) in [6.45, 7) is -0.268. The highest BCUT2D eigenvalue weighted by atomic mass is 31.2. The Labute approximate surface area is 137 Å². The van der Waals surface area contributed by atoms with E-state index in [9.17, 15) is 30.9 Å². The molecule has 13 heteroatoms. The summed E-state index contributed by atoms with van der Waals surface area (Å²) in [6.07, 6.45) is -12.2. The molecule has 1 N–H and O–H groups in total. The van der Waals surface area contributed by atoms with Crippen LogP contribution in [0.5, 0.6) is 0 Å². The van der Waals surface area contributed by atoms with E-state index >= 15 is 0 Å². The van der Waals surface area contributed by atoms with E-state index in [1.807, 2.05) is 0 Å². The number of imidazole rings is 1. The summed E-state index contributed by atoms with van der Waals surface area (Å²) in [4.78, 5) is 14.6. The van der Waals surface area contributed by atoms with Gasteiger partial charge in [0.05, 0.1) is 31.5 Å². The first kappa shape index (κ1) is 19.6. The molecule has 6 nitrogen and oxygen atoms in total. The summed E-state index contributed by atoms with van der Waals surface area (Å²) >= 11 is 0. The van der Waals surface area contributed by atoms with Gasteiger partial charge in [0.15, 0.2) is 5.65 Å². The van der Waals surface area contributed by atoms with Crippen molar-refractivity contribution in [2.24, 2.45) is 0 Å². The number of hydrogen-bond donors (Lipinski definition) is 1. The van der Waals surface area contributed by atoms with E-state index in [0.717, 1.165) is 0 Å². The van der Waals surface area contributed by atoms with Gasteiger partial charge in [-0.15, -0.1) is 0 Å². The van der Waals surface area contributed by atoms with Gasteiger partial charge in [0, 0.05) is 6.42 Å². The van der Waals surface area contributed by atoms with Crippen molar-refractivity contribution in [2.75, 3.05) is 25.3 Å². The number of H-pyrrole nitrogens is 1. The van der Waals surface area contributed by atoms with Crippen molar-refractivity contribution in [3.05, 3.63) is 18.3 Å². The zero-order valence-electron chi connectivity index (χ0n) is 12.6. The molecule has 25 heavy (non-hydrogen) atoms. The highest BCUT2D eigenvalue weighted by molar-refractivity contribution is 7.63. The summed E-state index contributed by atoms with van der Waals surface area (Å²) in [6, 6.07) is 0. The number of ether oxygens (including phenoxy) is 1. The molecule has 0 fully saturated rings. The van der Waals surface area contributed by atoms with Crippen LogP contribution < -0.4 is 0 Å². The second-order valence-corrected chi connectivity index (χ2v) is 8.32.